The minimum atomic E-state index is -4.57. The maximum atomic E-state index is 12.4. The summed E-state index contributed by atoms with van der Waals surface area (Å²) in [5.41, 5.74) is 2.21. The van der Waals surface area contributed by atoms with E-state index in [0.29, 0.717) is 0 Å². The molecule has 1 heterocycles. The summed E-state index contributed by atoms with van der Waals surface area (Å²) in [7, 11) is -4.57. The van der Waals surface area contributed by atoms with Gasteiger partial charge in [0.15, 0.2) is 0 Å². The topological polar surface area (TPSA) is 113 Å². The molecule has 0 bridgehead atoms. The molecule has 1 saturated heterocycles. The molecule has 1 atom stereocenters. The van der Waals surface area contributed by atoms with Crippen LogP contribution < -0.4 is 10.4 Å². The van der Waals surface area contributed by atoms with Gasteiger partial charge in [0.2, 0.25) is 5.91 Å². The molecule has 9 heteroatoms. The van der Waals surface area contributed by atoms with Gasteiger partial charge in [0, 0.05) is 0 Å². The minimum Gasteiger partial charge on any atom is -0.461 e. The summed E-state index contributed by atoms with van der Waals surface area (Å²) < 4.78 is 37.3. The van der Waals surface area contributed by atoms with Gasteiger partial charge >= 0.3 is 5.97 Å². The molecule has 2 N–H and O–H groups in total. The lowest BCUT2D eigenvalue weighted by molar-refractivity contribution is -0.128. The van der Waals surface area contributed by atoms with Crippen molar-refractivity contribution in [3.8, 4) is 0 Å². The number of hydrazine groups is 1. The van der Waals surface area contributed by atoms with E-state index in [1.54, 1.807) is 11.9 Å². The van der Waals surface area contributed by atoms with E-state index >= 15 is 0 Å². The Balaban J connectivity index is 1.73. The monoisotopic (exact) mass is 390 g/mol. The predicted octanol–water partition coefficient (Wildman–Crippen LogP) is 1.65. The Morgan fingerprint density at radius 1 is 1.19 bits per heavy atom. The summed E-state index contributed by atoms with van der Waals surface area (Å²) in [5, 5.41) is 1.66. The second-order valence-electron chi connectivity index (χ2n) is 6.47. The summed E-state index contributed by atoms with van der Waals surface area (Å²) in [6, 6.07) is 14.4. The molecule has 0 saturated carbocycles. The number of carbonyl (C=O) groups is 2. The van der Waals surface area contributed by atoms with Crippen LogP contribution in [-0.4, -0.2) is 38.0 Å². The van der Waals surface area contributed by atoms with E-state index in [0.717, 1.165) is 11.8 Å². The number of nitrogens with zero attached hydrogens (tertiary/aromatic N) is 1. The smallest absolute Gasteiger partial charge is 0.339 e. The fourth-order valence-electron chi connectivity index (χ4n) is 2.76. The zero-order valence-corrected chi connectivity index (χ0v) is 15.3. The van der Waals surface area contributed by atoms with Crippen LogP contribution >= 0.6 is 0 Å². The predicted molar refractivity (Wildman–Crippen MR) is 96.6 cm³/mol. The first-order chi connectivity index (χ1) is 12.7. The maximum Gasteiger partial charge on any atom is 0.339 e. The molecule has 1 amide bonds. The summed E-state index contributed by atoms with van der Waals surface area (Å²) in [6.07, 6.45) is 0. The molecule has 0 spiro atoms. The lowest BCUT2D eigenvalue weighted by atomic mass is 9.92. The van der Waals surface area contributed by atoms with Crippen molar-refractivity contribution in [2.75, 3.05) is 18.2 Å². The van der Waals surface area contributed by atoms with Crippen LogP contribution in [0, 0.1) is 5.41 Å². The highest BCUT2D eigenvalue weighted by Crippen LogP contribution is 2.28. The highest BCUT2D eigenvalue weighted by Gasteiger charge is 2.44. The quantitative estimate of drug-likeness (QED) is 0.589. The zero-order valence-electron chi connectivity index (χ0n) is 14.5. The highest BCUT2D eigenvalue weighted by atomic mass is 32.2. The molecular weight excluding hydrogens is 372 g/mol. The van der Waals surface area contributed by atoms with Gasteiger partial charge in [0.05, 0.1) is 17.8 Å². The first kappa shape index (κ1) is 18.9. The summed E-state index contributed by atoms with van der Waals surface area (Å²) >= 11 is 0. The minimum absolute atomic E-state index is 0.249. The van der Waals surface area contributed by atoms with Crippen LogP contribution in [0.25, 0.3) is 0 Å². The molecule has 142 valence electrons. The van der Waals surface area contributed by atoms with Crippen LogP contribution in [0.5, 0.6) is 0 Å². The fraction of sp³-hybridized carbons (Fsp3) is 0.222. The van der Waals surface area contributed by atoms with Gasteiger partial charge in [-0.2, -0.15) is 8.42 Å². The molecule has 2 aromatic carbocycles. The number of esters is 1. The number of hydrogen-bond donors (Lipinski definition) is 2. The molecule has 3 rings (SSSR count). The maximum absolute atomic E-state index is 12.4. The average Bonchev–Trinajstić information content (AvgIpc) is 2.95. The van der Waals surface area contributed by atoms with Crippen LogP contribution in [0.15, 0.2) is 59.5 Å². The average molecular weight is 390 g/mol. The molecule has 0 aliphatic carbocycles. The van der Waals surface area contributed by atoms with Crippen molar-refractivity contribution in [2.45, 2.75) is 11.8 Å². The number of para-hydroxylation sites is 1. The number of anilines is 1. The molecule has 1 aliphatic heterocycles. The lowest BCUT2D eigenvalue weighted by Gasteiger charge is -2.21. The van der Waals surface area contributed by atoms with E-state index in [-0.39, 0.29) is 24.6 Å². The molecule has 1 fully saturated rings. The van der Waals surface area contributed by atoms with Gasteiger partial charge in [0.1, 0.15) is 16.9 Å². The molecule has 0 aromatic heterocycles. The van der Waals surface area contributed by atoms with Crippen molar-refractivity contribution in [1.82, 2.24) is 5.43 Å². The summed E-state index contributed by atoms with van der Waals surface area (Å²) in [4.78, 5) is 24.2. The number of amides is 1. The van der Waals surface area contributed by atoms with Gasteiger partial charge in [-0.25, -0.2) is 4.79 Å². The third-order valence-corrected chi connectivity index (χ3v) is 5.18. The van der Waals surface area contributed by atoms with Crippen LogP contribution in [0.3, 0.4) is 0 Å². The molecular formula is C18H18N2O6S. The van der Waals surface area contributed by atoms with Gasteiger partial charge in [-0.3, -0.25) is 19.8 Å². The number of carbonyl (C=O) groups excluding carboxylic acids is 2. The Bertz CT molecular complexity index is 976. The third kappa shape index (κ3) is 3.93. The third-order valence-electron chi connectivity index (χ3n) is 4.27. The Morgan fingerprint density at radius 3 is 2.48 bits per heavy atom. The van der Waals surface area contributed by atoms with Gasteiger partial charge in [-0.15, -0.1) is 0 Å². The van der Waals surface area contributed by atoms with Gasteiger partial charge < -0.3 is 4.74 Å². The number of benzene rings is 2. The second kappa shape index (κ2) is 7.01. The number of hydrogen-bond acceptors (Lipinski definition) is 6. The van der Waals surface area contributed by atoms with Crippen molar-refractivity contribution in [2.24, 2.45) is 5.41 Å². The molecule has 1 unspecified atom stereocenters. The highest BCUT2D eigenvalue weighted by molar-refractivity contribution is 7.86. The van der Waals surface area contributed by atoms with Crippen LogP contribution in [0.4, 0.5) is 5.69 Å². The van der Waals surface area contributed by atoms with Crippen molar-refractivity contribution in [3.05, 3.63) is 60.2 Å². The fourth-order valence-corrected chi connectivity index (χ4v) is 3.44. The zero-order chi connectivity index (χ0) is 19.7. The number of nitrogens with one attached hydrogen (secondary N) is 1. The summed E-state index contributed by atoms with van der Waals surface area (Å²) in [6.45, 7) is 1.66. The van der Waals surface area contributed by atoms with Crippen LogP contribution in [-0.2, 0) is 19.6 Å². The van der Waals surface area contributed by atoms with Crippen molar-refractivity contribution < 1.29 is 27.3 Å². The molecule has 1 aliphatic rings. The number of rotatable bonds is 5. The van der Waals surface area contributed by atoms with E-state index in [9.17, 15) is 22.6 Å². The number of ether oxygens (including phenoxy) is 1. The van der Waals surface area contributed by atoms with Crippen LogP contribution in [0.2, 0.25) is 0 Å². The standard InChI is InChI=1S/C18H18N2O6S/c1-18(11-20(19-17(18)22)13-7-3-2-4-8-13)12-26-16(21)14-9-5-6-10-15(14)27(23,24)25/h2-10H,11-12H2,1H3,(H,19,22)(H,23,24,25). The Kier molecular flexibility index (Phi) is 4.90. The van der Waals surface area contributed by atoms with E-state index < -0.39 is 26.4 Å². The van der Waals surface area contributed by atoms with Crippen molar-refractivity contribution in [3.63, 3.8) is 0 Å². The Labute approximate surface area is 156 Å². The van der Waals surface area contributed by atoms with E-state index in [1.165, 1.54) is 18.2 Å². The normalized spacial score (nSPS) is 19.6. The van der Waals surface area contributed by atoms with Gasteiger partial charge in [-0.1, -0.05) is 30.3 Å². The van der Waals surface area contributed by atoms with Crippen molar-refractivity contribution in [1.29, 1.82) is 0 Å². The molecule has 2 aromatic rings. The van der Waals surface area contributed by atoms with Crippen molar-refractivity contribution >= 4 is 27.7 Å². The van der Waals surface area contributed by atoms with Crippen LogP contribution in [0.1, 0.15) is 17.3 Å². The first-order valence-electron chi connectivity index (χ1n) is 8.08. The van der Waals surface area contributed by atoms with E-state index in [1.807, 2.05) is 30.3 Å². The van der Waals surface area contributed by atoms with Gasteiger partial charge in [-0.05, 0) is 31.2 Å². The SMILES string of the molecule is CC1(COC(=O)c2ccccc2S(=O)(=O)O)CN(c2ccccc2)NC1=O. The lowest BCUT2D eigenvalue weighted by Crippen LogP contribution is -2.35. The summed E-state index contributed by atoms with van der Waals surface area (Å²) in [5.74, 6) is -1.25. The second-order valence-corrected chi connectivity index (χ2v) is 7.86. The molecule has 0 radical (unpaired) electrons. The first-order valence-corrected chi connectivity index (χ1v) is 9.52. The Morgan fingerprint density at radius 2 is 1.81 bits per heavy atom. The van der Waals surface area contributed by atoms with Gasteiger partial charge in [0.25, 0.3) is 10.1 Å². The molecule has 27 heavy (non-hydrogen) atoms. The Hall–Kier alpha value is -2.91. The molecule has 8 nitrogen and oxygen atoms in total. The van der Waals surface area contributed by atoms with E-state index in [4.69, 9.17) is 4.74 Å². The largest absolute Gasteiger partial charge is 0.461 e. The van der Waals surface area contributed by atoms with E-state index in [2.05, 4.69) is 5.43 Å².